The zero-order valence-corrected chi connectivity index (χ0v) is 15.1. The number of carbonyl (C=O) groups is 1. The van der Waals surface area contributed by atoms with E-state index in [1.54, 1.807) is 0 Å². The van der Waals surface area contributed by atoms with Crippen molar-refractivity contribution in [2.24, 2.45) is 11.5 Å². The minimum absolute atomic E-state index is 0.0179. The molecule has 2 aromatic carbocycles. The number of Topliss-reactive ketones (excluding diaryl/α,β-unsaturated/α-hetero) is 1. The molecule has 4 N–H and O–H groups in total. The van der Waals surface area contributed by atoms with Crippen LogP contribution in [0.4, 0.5) is 8.78 Å². The third-order valence-corrected chi connectivity index (χ3v) is 4.31. The quantitative estimate of drug-likeness (QED) is 0.714. The van der Waals surface area contributed by atoms with Crippen LogP contribution in [0.3, 0.4) is 0 Å². The van der Waals surface area contributed by atoms with Crippen LogP contribution in [0.1, 0.15) is 22.3 Å². The van der Waals surface area contributed by atoms with Gasteiger partial charge in [-0.25, -0.2) is 8.78 Å². The summed E-state index contributed by atoms with van der Waals surface area (Å²) < 4.78 is 28.0. The zero-order valence-electron chi connectivity index (χ0n) is 13.6. The van der Waals surface area contributed by atoms with Gasteiger partial charge in [-0.15, -0.1) is 0 Å². The maximum Gasteiger partial charge on any atom is 0.196 e. The Bertz CT molecular complexity index is 824. The largest absolute Gasteiger partial charge is 0.326 e. The molecular weight excluding hydrogens is 381 g/mol. The first-order valence-electron chi connectivity index (χ1n) is 7.60. The van der Waals surface area contributed by atoms with Crippen molar-refractivity contribution >= 4 is 40.1 Å². The average Bonchev–Trinajstić information content (AvgIpc) is 2.63. The Balaban J connectivity index is 2.43. The fourth-order valence-electron chi connectivity index (χ4n) is 2.39. The Morgan fingerprint density at radius 2 is 1.23 bits per heavy atom. The van der Waals surface area contributed by atoms with Gasteiger partial charge in [-0.2, -0.15) is 0 Å². The summed E-state index contributed by atoms with van der Waals surface area (Å²) in [6, 6.07) is 8.33. The minimum Gasteiger partial charge on any atom is -0.326 e. The number of carbonyl (C=O) groups excluding carboxylic acids is 1. The number of halogens is 4. The van der Waals surface area contributed by atoms with E-state index in [0.717, 1.165) is 23.2 Å². The van der Waals surface area contributed by atoms with Crippen LogP contribution in [-0.4, -0.2) is 5.78 Å². The molecule has 136 valence electrons. The third-order valence-electron chi connectivity index (χ3n) is 3.88. The van der Waals surface area contributed by atoms with E-state index >= 15 is 0 Å². The molecule has 0 saturated heterocycles. The van der Waals surface area contributed by atoms with E-state index in [9.17, 15) is 13.6 Å². The van der Waals surface area contributed by atoms with E-state index in [0.29, 0.717) is 11.1 Å². The summed E-state index contributed by atoms with van der Waals surface area (Å²) in [7, 11) is 0. The van der Waals surface area contributed by atoms with E-state index in [1.165, 1.54) is 24.3 Å². The van der Waals surface area contributed by atoms with Gasteiger partial charge in [-0.3, -0.25) is 4.79 Å². The highest BCUT2D eigenvalue weighted by Gasteiger charge is 2.20. The van der Waals surface area contributed by atoms with Gasteiger partial charge in [-0.1, -0.05) is 47.5 Å². The highest BCUT2D eigenvalue weighted by molar-refractivity contribution is 6.49. The first-order chi connectivity index (χ1) is 12.5. The number of rotatable bonds is 6. The molecule has 0 amide bonds. The Morgan fingerprint density at radius 3 is 1.50 bits per heavy atom. The highest BCUT2D eigenvalue weighted by atomic mass is 35.5. The van der Waals surface area contributed by atoms with Crippen molar-refractivity contribution in [3.8, 4) is 0 Å². The van der Waals surface area contributed by atoms with Crippen molar-refractivity contribution in [3.05, 3.63) is 81.4 Å². The minimum atomic E-state index is -0.574. The number of ketones is 1. The highest BCUT2D eigenvalue weighted by Crippen LogP contribution is 2.28. The van der Waals surface area contributed by atoms with Gasteiger partial charge in [0.1, 0.15) is 11.6 Å². The molecule has 0 heterocycles. The molecule has 0 saturated carbocycles. The molecule has 0 fully saturated rings. The summed E-state index contributed by atoms with van der Waals surface area (Å²) in [5, 5.41) is 0. The number of nitrogens with two attached hydrogens (primary N) is 2. The molecule has 26 heavy (non-hydrogen) atoms. The van der Waals surface area contributed by atoms with E-state index in [1.807, 2.05) is 0 Å². The predicted molar refractivity (Wildman–Crippen MR) is 101 cm³/mol. The first-order valence-corrected chi connectivity index (χ1v) is 8.47. The fraction of sp³-hybridized carbons (Fsp3) is 0.105. The second kappa shape index (κ2) is 9.05. The molecule has 0 atom stereocenters. The van der Waals surface area contributed by atoms with Gasteiger partial charge in [0.25, 0.3) is 0 Å². The van der Waals surface area contributed by atoms with Gasteiger partial charge >= 0.3 is 0 Å². The van der Waals surface area contributed by atoms with Crippen LogP contribution >= 0.6 is 23.2 Å². The summed E-state index contributed by atoms with van der Waals surface area (Å²) in [5.41, 5.74) is 14.1. The summed E-state index contributed by atoms with van der Waals surface area (Å²) in [4.78, 5) is 12.8. The van der Waals surface area contributed by atoms with E-state index in [2.05, 4.69) is 0 Å². The van der Waals surface area contributed by atoms with E-state index in [4.69, 9.17) is 34.7 Å². The Labute approximate surface area is 159 Å². The number of allylic oxidation sites excluding steroid dienone is 2. The normalized spacial score (nSPS) is 12.4. The third kappa shape index (κ3) is 4.19. The van der Waals surface area contributed by atoms with Gasteiger partial charge in [-0.05, 0) is 23.3 Å². The molecule has 0 radical (unpaired) electrons. The lowest BCUT2D eigenvalue weighted by Crippen LogP contribution is -2.07. The molecule has 0 aliphatic rings. The van der Waals surface area contributed by atoms with Crippen molar-refractivity contribution in [3.63, 3.8) is 0 Å². The SMILES string of the molecule is NCc1ccc(C(=CCl)C(=O)C(=CCl)c2ccc(CN)c(F)c2)cc1F. The fourth-order valence-corrected chi connectivity index (χ4v) is 2.84. The van der Waals surface area contributed by atoms with Gasteiger partial charge in [0.15, 0.2) is 5.78 Å². The van der Waals surface area contributed by atoms with Crippen LogP contribution in [0.5, 0.6) is 0 Å². The van der Waals surface area contributed by atoms with E-state index < -0.39 is 17.4 Å². The smallest absolute Gasteiger partial charge is 0.196 e. The van der Waals surface area contributed by atoms with Gasteiger partial charge in [0, 0.05) is 46.4 Å². The lowest BCUT2D eigenvalue weighted by molar-refractivity contribution is -0.108. The topological polar surface area (TPSA) is 69.1 Å². The second-order valence-electron chi connectivity index (χ2n) is 5.40. The van der Waals surface area contributed by atoms with Crippen LogP contribution in [0.15, 0.2) is 47.5 Å². The molecule has 3 nitrogen and oxygen atoms in total. The first kappa shape index (κ1) is 20.3. The summed E-state index contributed by atoms with van der Waals surface area (Å²) in [6.45, 7) is 0.0547. The second-order valence-corrected chi connectivity index (χ2v) is 5.83. The molecule has 2 rings (SSSR count). The van der Waals surface area contributed by atoms with Crippen LogP contribution < -0.4 is 11.5 Å². The lowest BCUT2D eigenvalue weighted by Gasteiger charge is -2.11. The Hall–Kier alpha value is -2.05. The Kier molecular flexibility index (Phi) is 7.06. The van der Waals surface area contributed by atoms with Crippen molar-refractivity contribution < 1.29 is 13.6 Å². The van der Waals surface area contributed by atoms with Crippen LogP contribution in [-0.2, 0) is 17.9 Å². The summed E-state index contributed by atoms with van der Waals surface area (Å²) in [5.74, 6) is -1.68. The number of hydrogen-bond acceptors (Lipinski definition) is 3. The van der Waals surface area contributed by atoms with Crippen LogP contribution in [0.2, 0.25) is 0 Å². The van der Waals surface area contributed by atoms with Gasteiger partial charge in [0.05, 0.1) is 0 Å². The lowest BCUT2D eigenvalue weighted by atomic mass is 9.93. The molecule has 7 heteroatoms. The Morgan fingerprint density at radius 1 is 0.846 bits per heavy atom. The number of benzene rings is 2. The van der Waals surface area contributed by atoms with Gasteiger partial charge in [0.2, 0.25) is 0 Å². The maximum absolute atomic E-state index is 14.0. The van der Waals surface area contributed by atoms with Crippen molar-refractivity contribution in [2.75, 3.05) is 0 Å². The average molecular weight is 397 g/mol. The zero-order chi connectivity index (χ0) is 19.3. The summed E-state index contributed by atoms with van der Waals surface area (Å²) in [6.07, 6.45) is 0. The molecule has 0 aromatic heterocycles. The maximum atomic E-state index is 14.0. The molecular formula is C19H16Cl2F2N2O. The molecule has 2 aromatic rings. The van der Waals surface area contributed by atoms with Crippen LogP contribution in [0.25, 0.3) is 11.1 Å². The molecule has 0 unspecified atom stereocenters. The van der Waals surface area contributed by atoms with Crippen molar-refractivity contribution in [1.82, 2.24) is 0 Å². The molecule has 0 spiro atoms. The molecule has 0 aliphatic carbocycles. The van der Waals surface area contributed by atoms with Crippen molar-refractivity contribution in [2.45, 2.75) is 13.1 Å². The predicted octanol–water partition coefficient (Wildman–Crippen LogP) is 4.31. The molecule has 0 bridgehead atoms. The number of hydrogen-bond donors (Lipinski definition) is 2. The van der Waals surface area contributed by atoms with Gasteiger partial charge < -0.3 is 11.5 Å². The standard InChI is InChI=1S/C19H16Cl2F2N2O/c20-7-15(11-1-3-13(9-24)17(22)5-11)19(26)16(8-21)12-2-4-14(10-25)18(23)6-12/h1-8H,9-10,24-25H2. The summed E-state index contributed by atoms with van der Waals surface area (Å²) >= 11 is 11.6. The van der Waals surface area contributed by atoms with Crippen LogP contribution in [0, 0.1) is 11.6 Å². The monoisotopic (exact) mass is 396 g/mol. The molecule has 0 aliphatic heterocycles. The van der Waals surface area contributed by atoms with Crippen molar-refractivity contribution in [1.29, 1.82) is 0 Å². The van der Waals surface area contributed by atoms with E-state index in [-0.39, 0.29) is 35.4 Å².